The van der Waals surface area contributed by atoms with Gasteiger partial charge in [0, 0.05) is 12.5 Å². The van der Waals surface area contributed by atoms with E-state index in [1.54, 1.807) is 30.3 Å². The second kappa shape index (κ2) is 6.34. The van der Waals surface area contributed by atoms with Crippen LogP contribution in [0.4, 0.5) is 4.39 Å². The minimum absolute atomic E-state index is 0.184. The lowest BCUT2D eigenvalue weighted by molar-refractivity contribution is 0.577. The van der Waals surface area contributed by atoms with E-state index in [2.05, 4.69) is 4.72 Å². The van der Waals surface area contributed by atoms with Gasteiger partial charge >= 0.3 is 0 Å². The van der Waals surface area contributed by atoms with Crippen LogP contribution >= 0.6 is 0 Å². The summed E-state index contributed by atoms with van der Waals surface area (Å²) in [4.78, 5) is 0.230. The number of benzene rings is 3. The summed E-state index contributed by atoms with van der Waals surface area (Å²) in [7, 11) is -3.62. The molecule has 3 aromatic carbocycles. The molecule has 1 unspecified atom stereocenters. The van der Waals surface area contributed by atoms with Crippen molar-refractivity contribution in [3.05, 3.63) is 89.2 Å². The van der Waals surface area contributed by atoms with Crippen LogP contribution in [0.25, 0.3) is 11.1 Å². The SMILES string of the molecule is Cc1ccc(S(=O)(=O)NCC2c3ccccc3-c3ccc(F)cc32)cc1. The highest BCUT2D eigenvalue weighted by atomic mass is 32.2. The lowest BCUT2D eigenvalue weighted by Crippen LogP contribution is -2.28. The van der Waals surface area contributed by atoms with Gasteiger partial charge in [-0.25, -0.2) is 17.5 Å². The van der Waals surface area contributed by atoms with Crippen molar-refractivity contribution in [3.63, 3.8) is 0 Å². The predicted molar refractivity (Wildman–Crippen MR) is 100 cm³/mol. The van der Waals surface area contributed by atoms with Crippen LogP contribution < -0.4 is 4.72 Å². The molecule has 0 aromatic heterocycles. The third kappa shape index (κ3) is 2.93. The lowest BCUT2D eigenvalue weighted by Gasteiger charge is -2.15. The number of hydrogen-bond donors (Lipinski definition) is 1. The molecule has 0 bridgehead atoms. The molecule has 3 aromatic rings. The minimum atomic E-state index is -3.62. The van der Waals surface area contributed by atoms with Gasteiger partial charge < -0.3 is 0 Å². The predicted octanol–water partition coefficient (Wildman–Crippen LogP) is 4.22. The fraction of sp³-hybridized carbons (Fsp3) is 0.143. The highest BCUT2D eigenvalue weighted by Crippen LogP contribution is 2.44. The van der Waals surface area contributed by atoms with Crippen LogP contribution in [0, 0.1) is 12.7 Å². The zero-order valence-corrected chi connectivity index (χ0v) is 15.1. The molecule has 0 heterocycles. The molecule has 0 saturated heterocycles. The van der Waals surface area contributed by atoms with Crippen molar-refractivity contribution in [1.82, 2.24) is 4.72 Å². The molecule has 0 saturated carbocycles. The van der Waals surface area contributed by atoms with Gasteiger partial charge in [-0.3, -0.25) is 0 Å². The van der Waals surface area contributed by atoms with Gasteiger partial charge in [-0.05, 0) is 53.4 Å². The summed E-state index contributed by atoms with van der Waals surface area (Å²) in [6.45, 7) is 2.09. The highest BCUT2D eigenvalue weighted by molar-refractivity contribution is 7.89. The number of sulfonamides is 1. The Balaban J connectivity index is 1.66. The van der Waals surface area contributed by atoms with Crippen molar-refractivity contribution < 1.29 is 12.8 Å². The van der Waals surface area contributed by atoms with E-state index in [4.69, 9.17) is 0 Å². The summed E-state index contributed by atoms with van der Waals surface area (Å²) in [6, 6.07) is 19.2. The van der Waals surface area contributed by atoms with Crippen molar-refractivity contribution in [1.29, 1.82) is 0 Å². The van der Waals surface area contributed by atoms with E-state index in [1.165, 1.54) is 12.1 Å². The van der Waals surface area contributed by atoms with E-state index in [0.717, 1.165) is 27.8 Å². The Labute approximate surface area is 152 Å². The van der Waals surface area contributed by atoms with Crippen LogP contribution in [0.15, 0.2) is 71.6 Å². The molecule has 1 aliphatic rings. The Kier molecular flexibility index (Phi) is 4.13. The molecule has 132 valence electrons. The molecular weight excluding hydrogens is 349 g/mol. The van der Waals surface area contributed by atoms with Crippen LogP contribution in [0.2, 0.25) is 0 Å². The monoisotopic (exact) mass is 367 g/mol. The molecule has 0 fully saturated rings. The van der Waals surface area contributed by atoms with Gasteiger partial charge in [0.05, 0.1) is 4.90 Å². The quantitative estimate of drug-likeness (QED) is 0.750. The summed E-state index contributed by atoms with van der Waals surface area (Å²) in [5.74, 6) is -0.528. The fourth-order valence-corrected chi connectivity index (χ4v) is 4.54. The van der Waals surface area contributed by atoms with Crippen molar-refractivity contribution in [2.75, 3.05) is 6.54 Å². The van der Waals surface area contributed by atoms with E-state index in [-0.39, 0.29) is 23.2 Å². The van der Waals surface area contributed by atoms with Crippen LogP contribution in [-0.4, -0.2) is 15.0 Å². The highest BCUT2D eigenvalue weighted by Gasteiger charge is 2.30. The largest absolute Gasteiger partial charge is 0.240 e. The summed E-state index contributed by atoms with van der Waals surface area (Å²) in [5, 5.41) is 0. The molecule has 1 aliphatic carbocycles. The second-order valence-electron chi connectivity index (χ2n) is 6.54. The van der Waals surface area contributed by atoms with Crippen molar-refractivity contribution in [2.45, 2.75) is 17.7 Å². The van der Waals surface area contributed by atoms with E-state index in [1.807, 2.05) is 31.2 Å². The molecule has 1 N–H and O–H groups in total. The Morgan fingerprint density at radius 3 is 2.38 bits per heavy atom. The standard InChI is InChI=1S/C21H18FNO2S/c1-14-6-9-16(10-7-14)26(24,25)23-13-21-18-5-3-2-4-17(18)19-11-8-15(22)12-20(19)21/h2-12,21,23H,13H2,1H3. The molecule has 5 heteroatoms. The number of nitrogens with one attached hydrogen (secondary N) is 1. The zero-order valence-electron chi connectivity index (χ0n) is 14.2. The molecule has 0 spiro atoms. The van der Waals surface area contributed by atoms with Crippen molar-refractivity contribution in [2.24, 2.45) is 0 Å². The third-order valence-electron chi connectivity index (χ3n) is 4.82. The Bertz CT molecular complexity index is 1080. The molecule has 26 heavy (non-hydrogen) atoms. The van der Waals surface area contributed by atoms with E-state index < -0.39 is 10.0 Å². The first-order chi connectivity index (χ1) is 12.5. The summed E-state index contributed by atoms with van der Waals surface area (Å²) in [6.07, 6.45) is 0. The number of halogens is 1. The average Bonchev–Trinajstić information content (AvgIpc) is 2.93. The maximum Gasteiger partial charge on any atom is 0.240 e. The van der Waals surface area contributed by atoms with Crippen LogP contribution in [0.1, 0.15) is 22.6 Å². The molecule has 0 amide bonds. The minimum Gasteiger partial charge on any atom is -0.210 e. The summed E-state index contributed by atoms with van der Waals surface area (Å²) >= 11 is 0. The maximum atomic E-state index is 13.8. The first kappa shape index (κ1) is 16.9. The molecule has 0 aliphatic heterocycles. The van der Waals surface area contributed by atoms with Gasteiger partial charge in [-0.15, -0.1) is 0 Å². The lowest BCUT2D eigenvalue weighted by atomic mass is 9.97. The van der Waals surface area contributed by atoms with Gasteiger partial charge in [0.2, 0.25) is 10.0 Å². The second-order valence-corrected chi connectivity index (χ2v) is 8.30. The number of fused-ring (bicyclic) bond motifs is 3. The van der Waals surface area contributed by atoms with Gasteiger partial charge in [0.1, 0.15) is 5.82 Å². The molecular formula is C21H18FNO2S. The molecule has 3 nitrogen and oxygen atoms in total. The first-order valence-corrected chi connectivity index (χ1v) is 9.89. The zero-order chi connectivity index (χ0) is 18.3. The van der Waals surface area contributed by atoms with Crippen LogP contribution in [0.3, 0.4) is 0 Å². The molecule has 0 radical (unpaired) electrons. The van der Waals surface area contributed by atoms with E-state index in [9.17, 15) is 12.8 Å². The molecule has 4 rings (SSSR count). The average molecular weight is 367 g/mol. The van der Waals surface area contributed by atoms with Gasteiger partial charge in [-0.2, -0.15) is 0 Å². The first-order valence-electron chi connectivity index (χ1n) is 8.41. The maximum absolute atomic E-state index is 13.8. The topological polar surface area (TPSA) is 46.2 Å². The van der Waals surface area contributed by atoms with Crippen molar-refractivity contribution >= 4 is 10.0 Å². The number of aryl methyl sites for hydroxylation is 1. The smallest absolute Gasteiger partial charge is 0.210 e. The number of rotatable bonds is 4. The Morgan fingerprint density at radius 1 is 0.923 bits per heavy atom. The third-order valence-corrected chi connectivity index (χ3v) is 6.26. The van der Waals surface area contributed by atoms with Crippen LogP contribution in [0.5, 0.6) is 0 Å². The molecule has 1 atom stereocenters. The number of hydrogen-bond acceptors (Lipinski definition) is 2. The van der Waals surface area contributed by atoms with E-state index >= 15 is 0 Å². The van der Waals surface area contributed by atoms with Crippen molar-refractivity contribution in [3.8, 4) is 11.1 Å². The Hall–Kier alpha value is -2.50. The van der Waals surface area contributed by atoms with Gasteiger partial charge in [-0.1, -0.05) is 48.0 Å². The normalized spacial score (nSPS) is 15.5. The fourth-order valence-electron chi connectivity index (χ4n) is 3.49. The van der Waals surface area contributed by atoms with E-state index in [0.29, 0.717) is 0 Å². The summed E-state index contributed by atoms with van der Waals surface area (Å²) in [5.41, 5.74) is 4.82. The summed E-state index contributed by atoms with van der Waals surface area (Å²) < 4.78 is 41.7. The van der Waals surface area contributed by atoms with Gasteiger partial charge in [0.25, 0.3) is 0 Å². The Morgan fingerprint density at radius 2 is 1.62 bits per heavy atom. The van der Waals surface area contributed by atoms with Crippen LogP contribution in [-0.2, 0) is 10.0 Å². The van der Waals surface area contributed by atoms with Gasteiger partial charge in [0.15, 0.2) is 0 Å².